The average Bonchev–Trinajstić information content (AvgIpc) is 3.17. The number of likely N-dealkylation sites (tertiary alicyclic amines) is 1. The van der Waals surface area contributed by atoms with E-state index in [0.29, 0.717) is 12.4 Å². The molecule has 172 valence electrons. The number of carbonyl (C=O) groups is 1. The zero-order valence-electron chi connectivity index (χ0n) is 19.1. The number of nitrogens with zero attached hydrogens (tertiary/aromatic N) is 4. The molecule has 3 heterocycles. The van der Waals surface area contributed by atoms with Gasteiger partial charge in [-0.25, -0.2) is 9.97 Å². The summed E-state index contributed by atoms with van der Waals surface area (Å²) in [5.41, 5.74) is 10.2. The van der Waals surface area contributed by atoms with Crippen LogP contribution >= 0.6 is 0 Å². The van der Waals surface area contributed by atoms with Crippen molar-refractivity contribution in [3.05, 3.63) is 79.3 Å². The second-order valence-corrected chi connectivity index (χ2v) is 8.51. The maximum atomic E-state index is 12.3. The first kappa shape index (κ1) is 21.7. The Balaban J connectivity index is 1.55. The molecule has 0 saturated carbocycles. The fraction of sp³-hybridized carbons (Fsp3) is 0.222. The molecule has 7 heteroatoms. The van der Waals surface area contributed by atoms with Gasteiger partial charge in [0.2, 0.25) is 5.91 Å². The van der Waals surface area contributed by atoms with Crippen molar-refractivity contribution in [2.24, 2.45) is 0 Å². The van der Waals surface area contributed by atoms with Crippen molar-refractivity contribution < 1.29 is 9.53 Å². The van der Waals surface area contributed by atoms with E-state index in [-0.39, 0.29) is 11.9 Å². The van der Waals surface area contributed by atoms with Gasteiger partial charge in [-0.05, 0) is 55.7 Å². The van der Waals surface area contributed by atoms with Crippen LogP contribution in [0.15, 0.2) is 73.6 Å². The van der Waals surface area contributed by atoms with E-state index >= 15 is 0 Å². The summed E-state index contributed by atoms with van der Waals surface area (Å²) in [4.78, 5) is 23.0. The Kier molecular flexibility index (Phi) is 5.76. The van der Waals surface area contributed by atoms with Gasteiger partial charge in [0.25, 0.3) is 0 Å². The van der Waals surface area contributed by atoms with Gasteiger partial charge in [-0.1, -0.05) is 36.9 Å². The summed E-state index contributed by atoms with van der Waals surface area (Å²) in [6.07, 6.45) is 4.76. The molecule has 0 spiro atoms. The number of nitrogen functional groups attached to an aromatic ring is 1. The van der Waals surface area contributed by atoms with Crippen LogP contribution in [0, 0.1) is 6.92 Å². The standard InChI is InChI=1S/C27H27N5O2/c1-3-23(33)31-15-7-8-20(16-31)32-18(2)24(25-26(28)29-17-30-27(25)32)19-11-13-22(14-12-19)34-21-9-5-4-6-10-21/h3-6,9-14,17,20H,1,7-8,15-16H2,2H3,(H2,28,29,30)/t20-/m0/s1. The molecule has 2 aromatic carbocycles. The van der Waals surface area contributed by atoms with E-state index < -0.39 is 0 Å². The number of anilines is 1. The molecule has 1 fully saturated rings. The van der Waals surface area contributed by atoms with Crippen molar-refractivity contribution in [1.82, 2.24) is 19.4 Å². The van der Waals surface area contributed by atoms with Gasteiger partial charge in [0.1, 0.15) is 29.3 Å². The van der Waals surface area contributed by atoms with Crippen LogP contribution < -0.4 is 10.5 Å². The van der Waals surface area contributed by atoms with Crippen molar-refractivity contribution in [3.8, 4) is 22.6 Å². The molecule has 1 atom stereocenters. The quantitative estimate of drug-likeness (QED) is 0.423. The normalized spacial score (nSPS) is 15.9. The second kappa shape index (κ2) is 9.02. The number of nitrogens with two attached hydrogens (primary N) is 1. The van der Waals surface area contributed by atoms with Gasteiger partial charge in [-0.3, -0.25) is 4.79 Å². The molecule has 34 heavy (non-hydrogen) atoms. The average molecular weight is 454 g/mol. The number of amides is 1. The van der Waals surface area contributed by atoms with Crippen LogP contribution in [0.25, 0.3) is 22.2 Å². The smallest absolute Gasteiger partial charge is 0.246 e. The fourth-order valence-electron chi connectivity index (χ4n) is 4.88. The Hall–Kier alpha value is -4.13. The molecule has 2 aromatic heterocycles. The third-order valence-electron chi connectivity index (χ3n) is 6.43. The third kappa shape index (κ3) is 3.90. The predicted molar refractivity (Wildman–Crippen MR) is 134 cm³/mol. The summed E-state index contributed by atoms with van der Waals surface area (Å²) in [5, 5.41) is 0.837. The number of aromatic nitrogens is 3. The van der Waals surface area contributed by atoms with Crippen molar-refractivity contribution in [1.29, 1.82) is 0 Å². The summed E-state index contributed by atoms with van der Waals surface area (Å²) >= 11 is 0. The maximum absolute atomic E-state index is 12.3. The molecule has 1 aliphatic rings. The maximum Gasteiger partial charge on any atom is 0.246 e. The van der Waals surface area contributed by atoms with Crippen LogP contribution in [0.3, 0.4) is 0 Å². The molecule has 0 aliphatic carbocycles. The number of hydrogen-bond acceptors (Lipinski definition) is 5. The number of para-hydroxylation sites is 1. The number of rotatable bonds is 5. The predicted octanol–water partition coefficient (Wildman–Crippen LogP) is 5.13. The topological polar surface area (TPSA) is 86.3 Å². The Morgan fingerprint density at radius 1 is 1.12 bits per heavy atom. The zero-order chi connectivity index (χ0) is 23.7. The first-order valence-corrected chi connectivity index (χ1v) is 11.4. The van der Waals surface area contributed by atoms with Crippen LogP contribution in [0.5, 0.6) is 11.5 Å². The SMILES string of the molecule is C=CC(=O)N1CCC[C@H](n2c(C)c(-c3ccc(Oc4ccccc4)cc3)c3c(N)ncnc32)C1. The van der Waals surface area contributed by atoms with E-state index in [9.17, 15) is 4.79 Å². The highest BCUT2D eigenvalue weighted by Crippen LogP contribution is 2.40. The van der Waals surface area contributed by atoms with E-state index in [1.165, 1.54) is 12.4 Å². The Bertz CT molecular complexity index is 1350. The number of ether oxygens (including phenoxy) is 1. The van der Waals surface area contributed by atoms with E-state index in [1.807, 2.05) is 59.5 Å². The highest BCUT2D eigenvalue weighted by molar-refractivity contribution is 6.02. The molecule has 1 aliphatic heterocycles. The van der Waals surface area contributed by atoms with E-state index in [2.05, 4.69) is 28.0 Å². The van der Waals surface area contributed by atoms with Crippen LogP contribution in [-0.2, 0) is 4.79 Å². The minimum Gasteiger partial charge on any atom is -0.457 e. The largest absolute Gasteiger partial charge is 0.457 e. The molecule has 5 rings (SSSR count). The lowest BCUT2D eigenvalue weighted by Gasteiger charge is -2.34. The van der Waals surface area contributed by atoms with Crippen molar-refractivity contribution in [3.63, 3.8) is 0 Å². The molecule has 1 amide bonds. The highest BCUT2D eigenvalue weighted by Gasteiger charge is 2.29. The molecule has 0 radical (unpaired) electrons. The zero-order valence-corrected chi connectivity index (χ0v) is 19.1. The molecule has 1 saturated heterocycles. The Morgan fingerprint density at radius 3 is 2.59 bits per heavy atom. The van der Waals surface area contributed by atoms with Gasteiger partial charge in [-0.15, -0.1) is 0 Å². The summed E-state index contributed by atoms with van der Waals surface area (Å²) in [5.74, 6) is 1.95. The van der Waals surface area contributed by atoms with Gasteiger partial charge in [0, 0.05) is 24.3 Å². The van der Waals surface area contributed by atoms with E-state index in [0.717, 1.165) is 58.7 Å². The monoisotopic (exact) mass is 453 g/mol. The Labute approximate surface area is 198 Å². The van der Waals surface area contributed by atoms with Crippen molar-refractivity contribution in [2.45, 2.75) is 25.8 Å². The minimum atomic E-state index is -0.0396. The van der Waals surface area contributed by atoms with Crippen LogP contribution in [-0.4, -0.2) is 38.4 Å². The number of hydrogen-bond donors (Lipinski definition) is 1. The molecule has 7 nitrogen and oxygen atoms in total. The van der Waals surface area contributed by atoms with Crippen molar-refractivity contribution in [2.75, 3.05) is 18.8 Å². The number of fused-ring (bicyclic) bond motifs is 1. The number of piperidine rings is 1. The lowest BCUT2D eigenvalue weighted by atomic mass is 10.0. The van der Waals surface area contributed by atoms with Gasteiger partial charge >= 0.3 is 0 Å². The molecule has 2 N–H and O–H groups in total. The number of benzene rings is 2. The lowest BCUT2D eigenvalue weighted by Crippen LogP contribution is -2.40. The van der Waals surface area contributed by atoms with Gasteiger partial charge in [0.15, 0.2) is 0 Å². The summed E-state index contributed by atoms with van der Waals surface area (Å²) < 4.78 is 8.18. The summed E-state index contributed by atoms with van der Waals surface area (Å²) in [6.45, 7) is 7.08. The third-order valence-corrected chi connectivity index (χ3v) is 6.43. The fourth-order valence-corrected chi connectivity index (χ4v) is 4.88. The molecular weight excluding hydrogens is 426 g/mol. The Morgan fingerprint density at radius 2 is 1.85 bits per heavy atom. The lowest BCUT2D eigenvalue weighted by molar-refractivity contribution is -0.127. The van der Waals surface area contributed by atoms with Crippen LogP contribution in [0.4, 0.5) is 5.82 Å². The van der Waals surface area contributed by atoms with Gasteiger partial charge in [0.05, 0.1) is 11.4 Å². The van der Waals surface area contributed by atoms with Crippen LogP contribution in [0.2, 0.25) is 0 Å². The molecule has 0 bridgehead atoms. The first-order chi connectivity index (χ1) is 16.6. The first-order valence-electron chi connectivity index (χ1n) is 11.4. The highest BCUT2D eigenvalue weighted by atomic mass is 16.5. The molecular formula is C27H27N5O2. The van der Waals surface area contributed by atoms with Gasteiger partial charge in [-0.2, -0.15) is 0 Å². The van der Waals surface area contributed by atoms with Gasteiger partial charge < -0.3 is 19.9 Å². The van der Waals surface area contributed by atoms with E-state index in [4.69, 9.17) is 10.5 Å². The molecule has 0 unspecified atom stereocenters. The molecule has 4 aromatic rings. The summed E-state index contributed by atoms with van der Waals surface area (Å²) in [6, 6.07) is 17.8. The van der Waals surface area contributed by atoms with E-state index in [1.54, 1.807) is 0 Å². The minimum absolute atomic E-state index is 0.0396. The van der Waals surface area contributed by atoms with Crippen molar-refractivity contribution >= 4 is 22.8 Å². The number of carbonyl (C=O) groups excluding carboxylic acids is 1. The van der Waals surface area contributed by atoms with Crippen LogP contribution in [0.1, 0.15) is 24.6 Å². The second-order valence-electron chi connectivity index (χ2n) is 8.51. The summed E-state index contributed by atoms with van der Waals surface area (Å²) in [7, 11) is 0.